The van der Waals surface area contributed by atoms with E-state index in [-0.39, 0.29) is 5.54 Å². The number of hydrogen-bond acceptors (Lipinski definition) is 2. The molecule has 2 atom stereocenters. The summed E-state index contributed by atoms with van der Waals surface area (Å²) in [4.78, 5) is 8.43. The lowest BCUT2D eigenvalue weighted by molar-refractivity contribution is 0.409. The molecule has 0 aromatic heterocycles. The van der Waals surface area contributed by atoms with E-state index in [1.807, 2.05) is 6.08 Å². The molecule has 72 valence electrons. The Bertz CT molecular complexity index is 222. The summed E-state index contributed by atoms with van der Waals surface area (Å²) >= 11 is 0. The van der Waals surface area contributed by atoms with Gasteiger partial charge >= 0.3 is 0 Å². The molecule has 0 saturated heterocycles. The van der Waals surface area contributed by atoms with Crippen LogP contribution < -0.4 is 0 Å². The predicted molar refractivity (Wildman–Crippen MR) is 58.6 cm³/mol. The molecule has 1 heterocycles. The molecule has 2 unspecified atom stereocenters. The first-order chi connectivity index (χ1) is 6.16. The standard InChI is InChI=1S/C11H18N2/c1-4-10(2)8-11(3)6-5-7-12-9-13-11/h5-7,9-10H,4,8H2,1-3H3. The second-order valence-electron chi connectivity index (χ2n) is 3.98. The van der Waals surface area contributed by atoms with Gasteiger partial charge in [0.2, 0.25) is 0 Å². The Morgan fingerprint density at radius 3 is 2.92 bits per heavy atom. The van der Waals surface area contributed by atoms with Gasteiger partial charge in [-0.05, 0) is 25.3 Å². The number of allylic oxidation sites excluding steroid dienone is 1. The summed E-state index contributed by atoms with van der Waals surface area (Å²) in [6.45, 7) is 6.63. The minimum atomic E-state index is -0.0497. The van der Waals surface area contributed by atoms with E-state index in [0.29, 0.717) is 5.92 Å². The van der Waals surface area contributed by atoms with Crippen LogP contribution in [0.1, 0.15) is 33.6 Å². The van der Waals surface area contributed by atoms with Gasteiger partial charge in [0, 0.05) is 6.21 Å². The van der Waals surface area contributed by atoms with Gasteiger partial charge in [0.15, 0.2) is 0 Å². The van der Waals surface area contributed by atoms with Gasteiger partial charge in [0.05, 0.1) is 5.54 Å². The Labute approximate surface area is 80.5 Å². The molecule has 2 nitrogen and oxygen atoms in total. The smallest absolute Gasteiger partial charge is 0.110 e. The van der Waals surface area contributed by atoms with Crippen molar-refractivity contribution in [1.29, 1.82) is 0 Å². The molecule has 0 spiro atoms. The second-order valence-corrected chi connectivity index (χ2v) is 3.98. The number of rotatable bonds is 3. The molecule has 1 aliphatic heterocycles. The summed E-state index contributed by atoms with van der Waals surface area (Å²) in [5, 5.41) is 0. The van der Waals surface area contributed by atoms with Gasteiger partial charge in [-0.25, -0.2) is 4.99 Å². The lowest BCUT2D eigenvalue weighted by atomic mass is 9.89. The van der Waals surface area contributed by atoms with Crippen LogP contribution >= 0.6 is 0 Å². The van der Waals surface area contributed by atoms with Crippen molar-refractivity contribution in [2.75, 3.05) is 0 Å². The lowest BCUT2D eigenvalue weighted by Crippen LogP contribution is -2.21. The fraction of sp³-hybridized carbons (Fsp3) is 0.636. The van der Waals surface area contributed by atoms with Gasteiger partial charge in [-0.15, -0.1) is 0 Å². The maximum Gasteiger partial charge on any atom is 0.110 e. The molecule has 0 radical (unpaired) electrons. The maximum absolute atomic E-state index is 4.43. The zero-order valence-corrected chi connectivity index (χ0v) is 8.70. The first kappa shape index (κ1) is 10.2. The molecule has 13 heavy (non-hydrogen) atoms. The number of hydrogen-bond donors (Lipinski definition) is 0. The summed E-state index contributed by atoms with van der Waals surface area (Å²) in [7, 11) is 0. The molecule has 0 fully saturated rings. The largest absolute Gasteiger partial charge is 0.263 e. The van der Waals surface area contributed by atoms with Crippen LogP contribution in [0.5, 0.6) is 0 Å². The van der Waals surface area contributed by atoms with Crippen LogP contribution in [0.25, 0.3) is 0 Å². The quantitative estimate of drug-likeness (QED) is 0.635. The van der Waals surface area contributed by atoms with Gasteiger partial charge in [-0.2, -0.15) is 0 Å². The fourth-order valence-corrected chi connectivity index (χ4v) is 1.52. The van der Waals surface area contributed by atoms with Crippen molar-refractivity contribution in [2.45, 2.75) is 39.2 Å². The monoisotopic (exact) mass is 178 g/mol. The van der Waals surface area contributed by atoms with Crippen molar-refractivity contribution in [2.24, 2.45) is 15.9 Å². The zero-order chi connectivity index (χ0) is 9.73. The average molecular weight is 178 g/mol. The van der Waals surface area contributed by atoms with Crippen molar-refractivity contribution in [1.82, 2.24) is 0 Å². The van der Waals surface area contributed by atoms with E-state index in [9.17, 15) is 0 Å². The van der Waals surface area contributed by atoms with E-state index in [2.05, 4.69) is 36.8 Å². The molecular weight excluding hydrogens is 160 g/mol. The van der Waals surface area contributed by atoms with Crippen LogP contribution in [0, 0.1) is 5.92 Å². The molecular formula is C11H18N2. The molecule has 0 bridgehead atoms. The van der Waals surface area contributed by atoms with E-state index < -0.39 is 0 Å². The summed E-state index contributed by atoms with van der Waals surface area (Å²) < 4.78 is 0. The van der Waals surface area contributed by atoms with Crippen LogP contribution in [0.2, 0.25) is 0 Å². The number of aliphatic imine (C=N–C) groups is 2. The third kappa shape index (κ3) is 3.13. The minimum absolute atomic E-state index is 0.0497. The fourth-order valence-electron chi connectivity index (χ4n) is 1.52. The molecule has 0 N–H and O–H groups in total. The van der Waals surface area contributed by atoms with Crippen molar-refractivity contribution in [3.8, 4) is 0 Å². The highest BCUT2D eigenvalue weighted by atomic mass is 14.9. The molecule has 1 rings (SSSR count). The van der Waals surface area contributed by atoms with E-state index >= 15 is 0 Å². The van der Waals surface area contributed by atoms with Crippen molar-refractivity contribution in [3.05, 3.63) is 12.2 Å². The van der Waals surface area contributed by atoms with E-state index in [0.717, 1.165) is 6.42 Å². The Morgan fingerprint density at radius 1 is 1.46 bits per heavy atom. The third-order valence-corrected chi connectivity index (χ3v) is 2.51. The Hall–Kier alpha value is -0.920. The van der Waals surface area contributed by atoms with Gasteiger partial charge in [0.25, 0.3) is 0 Å². The third-order valence-electron chi connectivity index (χ3n) is 2.51. The van der Waals surface area contributed by atoms with Crippen LogP contribution in [-0.4, -0.2) is 18.1 Å². The normalized spacial score (nSPS) is 28.8. The summed E-state index contributed by atoms with van der Waals surface area (Å²) in [6, 6.07) is 0. The van der Waals surface area contributed by atoms with Gasteiger partial charge in [-0.1, -0.05) is 26.3 Å². The number of nitrogens with zero attached hydrogens (tertiary/aromatic N) is 2. The topological polar surface area (TPSA) is 24.7 Å². The molecule has 2 heteroatoms. The SMILES string of the molecule is CCC(C)CC1(C)C=CC=NC=N1. The van der Waals surface area contributed by atoms with Crippen LogP contribution in [0.4, 0.5) is 0 Å². The van der Waals surface area contributed by atoms with Crippen LogP contribution in [0.3, 0.4) is 0 Å². The van der Waals surface area contributed by atoms with Crippen LogP contribution in [-0.2, 0) is 0 Å². The first-order valence-electron chi connectivity index (χ1n) is 4.91. The molecule has 1 aliphatic rings. The Morgan fingerprint density at radius 2 is 2.23 bits per heavy atom. The van der Waals surface area contributed by atoms with E-state index in [4.69, 9.17) is 0 Å². The van der Waals surface area contributed by atoms with Gasteiger partial charge in [0.1, 0.15) is 6.34 Å². The predicted octanol–water partition coefficient (Wildman–Crippen LogP) is 2.85. The molecule has 0 amide bonds. The highest BCUT2D eigenvalue weighted by molar-refractivity contribution is 5.81. The Balaban J connectivity index is 2.65. The highest BCUT2D eigenvalue weighted by Crippen LogP contribution is 2.24. The van der Waals surface area contributed by atoms with Crippen LogP contribution in [0.15, 0.2) is 22.1 Å². The van der Waals surface area contributed by atoms with Gasteiger partial charge < -0.3 is 0 Å². The maximum atomic E-state index is 4.43. The molecule has 0 aromatic rings. The summed E-state index contributed by atoms with van der Waals surface area (Å²) in [5.74, 6) is 0.713. The first-order valence-corrected chi connectivity index (χ1v) is 4.91. The highest BCUT2D eigenvalue weighted by Gasteiger charge is 2.21. The Kier molecular flexibility index (Phi) is 3.40. The summed E-state index contributed by atoms with van der Waals surface area (Å²) in [5.41, 5.74) is -0.0497. The van der Waals surface area contributed by atoms with Crippen molar-refractivity contribution < 1.29 is 0 Å². The molecule has 0 aliphatic carbocycles. The van der Waals surface area contributed by atoms with Gasteiger partial charge in [-0.3, -0.25) is 4.99 Å². The second kappa shape index (κ2) is 4.35. The van der Waals surface area contributed by atoms with E-state index in [1.165, 1.54) is 6.42 Å². The molecule has 0 aromatic carbocycles. The van der Waals surface area contributed by atoms with Crippen molar-refractivity contribution in [3.63, 3.8) is 0 Å². The summed E-state index contributed by atoms with van der Waals surface area (Å²) in [6.07, 6.45) is 9.86. The average Bonchev–Trinajstić information content (AvgIpc) is 2.30. The minimum Gasteiger partial charge on any atom is -0.263 e. The molecule has 0 saturated carbocycles. The zero-order valence-electron chi connectivity index (χ0n) is 8.70. The van der Waals surface area contributed by atoms with Crippen molar-refractivity contribution >= 4 is 12.6 Å². The van der Waals surface area contributed by atoms with E-state index in [1.54, 1.807) is 12.6 Å². The lowest BCUT2D eigenvalue weighted by Gasteiger charge is -2.23.